The molecule has 2 N–H and O–H groups in total. The van der Waals surface area contributed by atoms with Crippen LogP contribution >= 0.6 is 0 Å². The first-order chi connectivity index (χ1) is 10.3. The Morgan fingerprint density at radius 2 is 1.43 bits per heavy atom. The maximum atomic E-state index is 6.06. The zero-order valence-corrected chi connectivity index (χ0v) is 11.2. The smallest absolute Gasteiger partial charge is 0.150 e. The van der Waals surface area contributed by atoms with Gasteiger partial charge in [-0.25, -0.2) is 9.97 Å². The lowest BCUT2D eigenvalue weighted by Crippen LogP contribution is -1.98. The van der Waals surface area contributed by atoms with Crippen LogP contribution in [-0.4, -0.2) is 15.0 Å². The average molecular weight is 272 g/mol. The van der Waals surface area contributed by atoms with Crippen LogP contribution in [0.1, 0.15) is 0 Å². The fourth-order valence-electron chi connectivity index (χ4n) is 2.43. The average Bonchev–Trinajstić information content (AvgIpc) is 2.54. The lowest BCUT2D eigenvalue weighted by atomic mass is 10.1. The molecule has 0 atom stereocenters. The van der Waals surface area contributed by atoms with E-state index in [2.05, 4.69) is 15.0 Å². The van der Waals surface area contributed by atoms with Crippen molar-refractivity contribution in [2.24, 2.45) is 0 Å². The standard InChI is InChI=1S/C17H12N4/c18-17-16(20-14-7-3-4-8-15(14)21-17)12-9-11-5-1-2-6-13(11)19-10-12/h1-10H,(H2,18,21). The van der Waals surface area contributed by atoms with Gasteiger partial charge < -0.3 is 5.73 Å². The van der Waals surface area contributed by atoms with E-state index < -0.39 is 0 Å². The Labute approximate surface area is 121 Å². The lowest BCUT2D eigenvalue weighted by Gasteiger charge is -2.07. The van der Waals surface area contributed by atoms with Crippen molar-refractivity contribution < 1.29 is 0 Å². The highest BCUT2D eigenvalue weighted by molar-refractivity contribution is 5.87. The van der Waals surface area contributed by atoms with E-state index in [0.717, 1.165) is 27.5 Å². The lowest BCUT2D eigenvalue weighted by molar-refractivity contribution is 1.29. The van der Waals surface area contributed by atoms with Crippen LogP contribution in [-0.2, 0) is 0 Å². The normalized spacial score (nSPS) is 11.0. The van der Waals surface area contributed by atoms with E-state index in [1.165, 1.54) is 0 Å². The summed E-state index contributed by atoms with van der Waals surface area (Å²) in [6.45, 7) is 0. The highest BCUT2D eigenvalue weighted by atomic mass is 14.9. The molecule has 0 aliphatic rings. The van der Waals surface area contributed by atoms with Crippen molar-refractivity contribution in [3.8, 4) is 11.3 Å². The summed E-state index contributed by atoms with van der Waals surface area (Å²) >= 11 is 0. The van der Waals surface area contributed by atoms with Crippen molar-refractivity contribution in [2.45, 2.75) is 0 Å². The molecule has 0 aliphatic carbocycles. The van der Waals surface area contributed by atoms with E-state index in [-0.39, 0.29) is 0 Å². The van der Waals surface area contributed by atoms with Crippen LogP contribution < -0.4 is 5.73 Å². The van der Waals surface area contributed by atoms with E-state index in [4.69, 9.17) is 5.73 Å². The minimum absolute atomic E-state index is 0.422. The summed E-state index contributed by atoms with van der Waals surface area (Å²) < 4.78 is 0. The number of para-hydroxylation sites is 3. The third-order valence-electron chi connectivity index (χ3n) is 3.46. The molecule has 2 aromatic carbocycles. The van der Waals surface area contributed by atoms with Crippen LogP contribution in [0.4, 0.5) is 5.82 Å². The molecule has 2 aromatic heterocycles. The Morgan fingerprint density at radius 3 is 2.24 bits per heavy atom. The van der Waals surface area contributed by atoms with E-state index in [0.29, 0.717) is 11.5 Å². The number of nitrogen functional groups attached to an aromatic ring is 1. The molecule has 4 rings (SSSR count). The SMILES string of the molecule is Nc1nc2ccccc2nc1-c1cnc2ccccc2c1. The number of hydrogen-bond donors (Lipinski definition) is 1. The molecule has 21 heavy (non-hydrogen) atoms. The molecule has 2 heterocycles. The van der Waals surface area contributed by atoms with E-state index >= 15 is 0 Å². The maximum Gasteiger partial charge on any atom is 0.150 e. The fraction of sp³-hybridized carbons (Fsp3) is 0. The van der Waals surface area contributed by atoms with Crippen molar-refractivity contribution in [3.63, 3.8) is 0 Å². The van der Waals surface area contributed by atoms with Gasteiger partial charge in [-0.2, -0.15) is 0 Å². The van der Waals surface area contributed by atoms with E-state index in [1.807, 2.05) is 54.6 Å². The summed E-state index contributed by atoms with van der Waals surface area (Å²) in [6, 6.07) is 17.7. The third kappa shape index (κ3) is 1.97. The monoisotopic (exact) mass is 272 g/mol. The van der Waals surface area contributed by atoms with E-state index in [1.54, 1.807) is 6.20 Å². The van der Waals surface area contributed by atoms with Gasteiger partial charge >= 0.3 is 0 Å². The summed E-state index contributed by atoms with van der Waals surface area (Å²) in [5.74, 6) is 0.422. The second-order valence-electron chi connectivity index (χ2n) is 4.86. The summed E-state index contributed by atoms with van der Waals surface area (Å²) in [4.78, 5) is 13.5. The van der Waals surface area contributed by atoms with Gasteiger partial charge in [0, 0.05) is 17.1 Å². The number of rotatable bonds is 1. The van der Waals surface area contributed by atoms with Crippen LogP contribution in [0.2, 0.25) is 0 Å². The van der Waals surface area contributed by atoms with Crippen LogP contribution in [0.25, 0.3) is 33.2 Å². The van der Waals surface area contributed by atoms with Gasteiger partial charge in [-0.15, -0.1) is 0 Å². The Kier molecular flexibility index (Phi) is 2.54. The largest absolute Gasteiger partial charge is 0.382 e. The van der Waals surface area contributed by atoms with Gasteiger partial charge in [0.25, 0.3) is 0 Å². The molecule has 0 saturated heterocycles. The Balaban J connectivity index is 1.96. The number of nitrogens with zero attached hydrogens (tertiary/aromatic N) is 3. The molecule has 0 aliphatic heterocycles. The van der Waals surface area contributed by atoms with Gasteiger partial charge in [-0.1, -0.05) is 30.3 Å². The van der Waals surface area contributed by atoms with Crippen molar-refractivity contribution in [2.75, 3.05) is 5.73 Å². The third-order valence-corrected chi connectivity index (χ3v) is 3.46. The molecule has 0 bridgehead atoms. The minimum Gasteiger partial charge on any atom is -0.382 e. The number of nitrogens with two attached hydrogens (primary N) is 1. The molecule has 0 fully saturated rings. The topological polar surface area (TPSA) is 64.7 Å². The summed E-state index contributed by atoms with van der Waals surface area (Å²) in [5.41, 5.74) is 10.2. The second-order valence-corrected chi connectivity index (χ2v) is 4.86. The van der Waals surface area contributed by atoms with Crippen LogP contribution in [0.3, 0.4) is 0 Å². The molecule has 0 saturated carbocycles. The predicted molar refractivity (Wildman–Crippen MR) is 84.7 cm³/mol. The Hall–Kier alpha value is -3.01. The molecular weight excluding hydrogens is 260 g/mol. The summed E-state index contributed by atoms with van der Waals surface area (Å²) in [5, 5.41) is 1.06. The van der Waals surface area contributed by atoms with Crippen molar-refractivity contribution in [1.29, 1.82) is 0 Å². The molecule has 0 radical (unpaired) electrons. The van der Waals surface area contributed by atoms with Crippen LogP contribution in [0, 0.1) is 0 Å². The van der Waals surface area contributed by atoms with Gasteiger partial charge in [-0.05, 0) is 24.3 Å². The molecule has 0 amide bonds. The van der Waals surface area contributed by atoms with Crippen molar-refractivity contribution in [1.82, 2.24) is 15.0 Å². The first-order valence-electron chi connectivity index (χ1n) is 6.69. The highest BCUT2D eigenvalue weighted by Gasteiger charge is 2.09. The van der Waals surface area contributed by atoms with Gasteiger partial charge in [0.1, 0.15) is 5.69 Å². The number of aromatic nitrogens is 3. The number of benzene rings is 2. The molecule has 4 heteroatoms. The van der Waals surface area contributed by atoms with Crippen molar-refractivity contribution >= 4 is 27.8 Å². The second kappa shape index (κ2) is 4.52. The molecule has 100 valence electrons. The molecular formula is C17H12N4. The molecule has 4 aromatic rings. The summed E-state index contributed by atoms with van der Waals surface area (Å²) in [6.07, 6.45) is 1.79. The van der Waals surface area contributed by atoms with Gasteiger partial charge in [0.05, 0.1) is 16.6 Å². The zero-order chi connectivity index (χ0) is 14.2. The zero-order valence-electron chi connectivity index (χ0n) is 11.2. The number of anilines is 1. The number of hydrogen-bond acceptors (Lipinski definition) is 4. The predicted octanol–water partition coefficient (Wildman–Crippen LogP) is 3.43. The molecule has 0 spiro atoms. The highest BCUT2D eigenvalue weighted by Crippen LogP contribution is 2.26. The van der Waals surface area contributed by atoms with Gasteiger partial charge in [-0.3, -0.25) is 4.98 Å². The van der Waals surface area contributed by atoms with Crippen LogP contribution in [0.5, 0.6) is 0 Å². The summed E-state index contributed by atoms with van der Waals surface area (Å²) in [7, 11) is 0. The molecule has 4 nitrogen and oxygen atoms in total. The minimum atomic E-state index is 0.422. The molecule has 0 unspecified atom stereocenters. The first kappa shape index (κ1) is 11.8. The van der Waals surface area contributed by atoms with Crippen LogP contribution in [0.15, 0.2) is 60.8 Å². The fourth-order valence-corrected chi connectivity index (χ4v) is 2.43. The maximum absolute atomic E-state index is 6.06. The van der Waals surface area contributed by atoms with Gasteiger partial charge in [0.2, 0.25) is 0 Å². The number of fused-ring (bicyclic) bond motifs is 2. The first-order valence-corrected chi connectivity index (χ1v) is 6.69. The quantitative estimate of drug-likeness (QED) is 0.576. The number of pyridine rings is 1. The van der Waals surface area contributed by atoms with Gasteiger partial charge in [0.15, 0.2) is 5.82 Å². The van der Waals surface area contributed by atoms with E-state index in [9.17, 15) is 0 Å². The Morgan fingerprint density at radius 1 is 0.762 bits per heavy atom. The van der Waals surface area contributed by atoms with Crippen molar-refractivity contribution in [3.05, 3.63) is 60.8 Å². The Bertz CT molecular complexity index is 963.